The van der Waals surface area contributed by atoms with Crippen LogP contribution in [0.1, 0.15) is 62.5 Å². The average Bonchev–Trinajstić information content (AvgIpc) is 2.75. The van der Waals surface area contributed by atoms with Crippen molar-refractivity contribution in [2.24, 2.45) is 5.92 Å². The quantitative estimate of drug-likeness (QED) is 0.272. The molecule has 1 aliphatic rings. The lowest BCUT2D eigenvalue weighted by atomic mass is 9.78. The van der Waals surface area contributed by atoms with Crippen LogP contribution in [0.2, 0.25) is 0 Å². The fraction of sp³-hybridized carbons (Fsp3) is 0.407. The molecule has 2 aromatic carbocycles. The summed E-state index contributed by atoms with van der Waals surface area (Å²) in [6, 6.07) is 17.9. The lowest BCUT2D eigenvalue weighted by Crippen LogP contribution is -2.11. The van der Waals surface area contributed by atoms with Crippen molar-refractivity contribution in [3.05, 3.63) is 71.8 Å². The van der Waals surface area contributed by atoms with Crippen LogP contribution >= 0.6 is 0 Å². The summed E-state index contributed by atoms with van der Waals surface area (Å²) in [5.74, 6) is 4.16. The van der Waals surface area contributed by atoms with Gasteiger partial charge >= 0.3 is 0 Å². The van der Waals surface area contributed by atoms with Gasteiger partial charge in [-0.1, -0.05) is 60.7 Å². The fourth-order valence-corrected chi connectivity index (χ4v) is 4.12. The molecule has 1 fully saturated rings. The summed E-state index contributed by atoms with van der Waals surface area (Å²) in [6.45, 7) is 3.51. The van der Waals surface area contributed by atoms with Crippen molar-refractivity contribution in [3.8, 4) is 23.5 Å². The van der Waals surface area contributed by atoms with E-state index < -0.39 is 0 Å². The number of benzene rings is 2. The van der Waals surface area contributed by atoms with Crippen LogP contribution in [0.4, 0.5) is 0 Å². The van der Waals surface area contributed by atoms with E-state index in [9.17, 15) is 0 Å². The van der Waals surface area contributed by atoms with Gasteiger partial charge in [0.15, 0.2) is 0 Å². The summed E-state index contributed by atoms with van der Waals surface area (Å²) in [5.41, 5.74) is 5.26. The minimum absolute atomic E-state index is 0.652. The normalized spacial score (nSPS) is 19.6. The highest BCUT2D eigenvalue weighted by Crippen LogP contribution is 2.36. The van der Waals surface area contributed by atoms with Crippen LogP contribution in [0, 0.1) is 18.3 Å². The number of allylic oxidation sites excluding steroid dienone is 2. The first-order valence-electron chi connectivity index (χ1n) is 10.6. The fourth-order valence-electron chi connectivity index (χ4n) is 4.12. The van der Waals surface area contributed by atoms with E-state index in [4.69, 9.17) is 11.2 Å². The van der Waals surface area contributed by atoms with Gasteiger partial charge in [-0.2, -0.15) is 0 Å². The molecule has 1 nitrogen and oxygen atoms in total. The van der Waals surface area contributed by atoms with E-state index in [0.29, 0.717) is 6.61 Å². The lowest BCUT2D eigenvalue weighted by Gasteiger charge is -2.27. The SMILES string of the molecule is C#CCCCOCc1ccc(-c2ccc([C@H]3CC[C@H](C=CC)CC3)cc2)cc1. The van der Waals surface area contributed by atoms with E-state index in [1.54, 1.807) is 0 Å². The minimum atomic E-state index is 0.652. The monoisotopic (exact) mass is 372 g/mol. The molecule has 146 valence electrons. The van der Waals surface area contributed by atoms with Gasteiger partial charge in [-0.3, -0.25) is 0 Å². The number of unbranched alkanes of at least 4 members (excludes halogenated alkanes) is 1. The van der Waals surface area contributed by atoms with Gasteiger partial charge in [0.05, 0.1) is 6.61 Å². The Kier molecular flexibility index (Phi) is 7.94. The summed E-state index contributed by atoms with van der Waals surface area (Å²) in [7, 11) is 0. The van der Waals surface area contributed by atoms with Gasteiger partial charge in [0.1, 0.15) is 0 Å². The van der Waals surface area contributed by atoms with E-state index in [1.165, 1.54) is 47.9 Å². The zero-order valence-corrected chi connectivity index (χ0v) is 17.1. The molecule has 0 bridgehead atoms. The first-order valence-corrected chi connectivity index (χ1v) is 10.6. The van der Waals surface area contributed by atoms with Crippen LogP contribution in [0.3, 0.4) is 0 Å². The molecular formula is C27H32O. The van der Waals surface area contributed by atoms with Crippen LogP contribution in [0.25, 0.3) is 11.1 Å². The van der Waals surface area contributed by atoms with Gasteiger partial charge in [-0.15, -0.1) is 12.3 Å². The maximum atomic E-state index is 5.67. The molecule has 0 aromatic heterocycles. The Balaban J connectivity index is 1.53. The molecule has 0 N–H and O–H groups in total. The van der Waals surface area contributed by atoms with Gasteiger partial charge in [0, 0.05) is 13.0 Å². The first kappa shape index (κ1) is 20.4. The second-order valence-corrected chi connectivity index (χ2v) is 7.82. The number of ether oxygens (including phenoxy) is 1. The summed E-state index contributed by atoms with van der Waals surface area (Å²) >= 11 is 0. The second-order valence-electron chi connectivity index (χ2n) is 7.82. The Labute approximate surface area is 170 Å². The van der Waals surface area contributed by atoms with Crippen LogP contribution in [0.15, 0.2) is 60.7 Å². The van der Waals surface area contributed by atoms with Crippen molar-refractivity contribution in [2.75, 3.05) is 6.61 Å². The first-order chi connectivity index (χ1) is 13.8. The highest BCUT2D eigenvalue weighted by molar-refractivity contribution is 5.64. The number of terminal acetylenes is 1. The summed E-state index contributed by atoms with van der Waals surface area (Å²) < 4.78 is 5.67. The van der Waals surface area contributed by atoms with Crippen LogP contribution in [-0.4, -0.2) is 6.61 Å². The second kappa shape index (κ2) is 10.9. The summed E-state index contributed by atoms with van der Waals surface area (Å²) in [6.07, 6.45) is 16.8. The topological polar surface area (TPSA) is 9.23 Å². The van der Waals surface area contributed by atoms with Gasteiger partial charge in [0.25, 0.3) is 0 Å². The lowest BCUT2D eigenvalue weighted by molar-refractivity contribution is 0.119. The third-order valence-corrected chi connectivity index (χ3v) is 5.78. The third-order valence-electron chi connectivity index (χ3n) is 5.78. The Hall–Kier alpha value is -2.30. The van der Waals surface area contributed by atoms with E-state index in [1.807, 2.05) is 0 Å². The highest BCUT2D eigenvalue weighted by Gasteiger charge is 2.20. The largest absolute Gasteiger partial charge is 0.377 e. The van der Waals surface area contributed by atoms with Gasteiger partial charge in [-0.05, 0) is 73.1 Å². The molecule has 0 atom stereocenters. The smallest absolute Gasteiger partial charge is 0.0716 e. The highest BCUT2D eigenvalue weighted by atomic mass is 16.5. The van der Waals surface area contributed by atoms with Crippen molar-refractivity contribution < 1.29 is 4.74 Å². The molecular weight excluding hydrogens is 340 g/mol. The Bertz CT molecular complexity index is 769. The maximum Gasteiger partial charge on any atom is 0.0716 e. The maximum absolute atomic E-state index is 5.67. The van der Waals surface area contributed by atoms with Crippen molar-refractivity contribution in [2.45, 2.75) is 58.0 Å². The molecule has 1 aliphatic carbocycles. The zero-order chi connectivity index (χ0) is 19.6. The van der Waals surface area contributed by atoms with Gasteiger partial charge in [0.2, 0.25) is 0 Å². The molecule has 0 aliphatic heterocycles. The van der Waals surface area contributed by atoms with Crippen LogP contribution in [-0.2, 0) is 11.3 Å². The van der Waals surface area contributed by atoms with Crippen molar-refractivity contribution in [3.63, 3.8) is 0 Å². The molecule has 3 rings (SSSR count). The van der Waals surface area contributed by atoms with Crippen LogP contribution < -0.4 is 0 Å². The van der Waals surface area contributed by atoms with Crippen molar-refractivity contribution in [1.82, 2.24) is 0 Å². The number of hydrogen-bond donors (Lipinski definition) is 0. The predicted molar refractivity (Wildman–Crippen MR) is 119 cm³/mol. The standard InChI is InChI=1S/C27H32O/c1-3-5-6-20-28-21-23-10-14-25(15-11-23)27-18-16-26(17-19-27)24-12-8-22(7-4-2)9-13-24/h1,4,7,10-11,14-19,22,24H,5-6,8-9,12-13,20-21H2,2H3/t22-,24-. The van der Waals surface area contributed by atoms with Gasteiger partial charge < -0.3 is 4.74 Å². The molecule has 2 aromatic rings. The van der Waals surface area contributed by atoms with E-state index in [-0.39, 0.29) is 0 Å². The van der Waals surface area contributed by atoms with E-state index >= 15 is 0 Å². The van der Waals surface area contributed by atoms with Crippen molar-refractivity contribution in [1.29, 1.82) is 0 Å². The molecule has 28 heavy (non-hydrogen) atoms. The molecule has 0 heterocycles. The number of hydrogen-bond acceptors (Lipinski definition) is 1. The van der Waals surface area contributed by atoms with Gasteiger partial charge in [-0.25, -0.2) is 0 Å². The molecule has 1 heteroatoms. The van der Waals surface area contributed by atoms with E-state index in [0.717, 1.165) is 31.3 Å². The molecule has 0 saturated heterocycles. The molecule has 1 saturated carbocycles. The Morgan fingerprint density at radius 2 is 1.61 bits per heavy atom. The Morgan fingerprint density at radius 3 is 2.21 bits per heavy atom. The minimum Gasteiger partial charge on any atom is -0.377 e. The molecule has 0 spiro atoms. The van der Waals surface area contributed by atoms with Crippen molar-refractivity contribution >= 4 is 0 Å². The number of rotatable bonds is 8. The Morgan fingerprint density at radius 1 is 0.964 bits per heavy atom. The molecule has 0 amide bonds. The average molecular weight is 373 g/mol. The third kappa shape index (κ3) is 5.85. The zero-order valence-electron chi connectivity index (χ0n) is 17.1. The predicted octanol–water partition coefficient (Wildman–Crippen LogP) is 7.13. The summed E-state index contributed by atoms with van der Waals surface area (Å²) in [5, 5.41) is 0. The molecule has 0 radical (unpaired) electrons. The summed E-state index contributed by atoms with van der Waals surface area (Å²) in [4.78, 5) is 0. The van der Waals surface area contributed by atoms with E-state index in [2.05, 4.69) is 73.5 Å². The molecule has 0 unspecified atom stereocenters. The van der Waals surface area contributed by atoms with Crippen LogP contribution in [0.5, 0.6) is 0 Å².